The number of aromatic nitrogens is 1. The Hall–Kier alpha value is -2.30. The molecule has 1 atom stereocenters. The molecule has 2 aliphatic heterocycles. The third-order valence-corrected chi connectivity index (χ3v) is 8.12. The molecule has 31 heavy (non-hydrogen) atoms. The van der Waals surface area contributed by atoms with Gasteiger partial charge in [-0.25, -0.2) is 4.98 Å². The number of esters is 1. The number of piperidine rings is 1. The largest absolute Gasteiger partial charge is 0.469 e. The summed E-state index contributed by atoms with van der Waals surface area (Å²) in [6.07, 6.45) is 1.19. The molecule has 2 saturated heterocycles. The Balaban J connectivity index is 1.50. The molecule has 4 rings (SSSR count). The number of hydrogen-bond acceptors (Lipinski definition) is 8. The highest BCUT2D eigenvalue weighted by atomic mass is 32.1. The highest BCUT2D eigenvalue weighted by Gasteiger charge is 2.57. The smallest absolute Gasteiger partial charge is 0.311 e. The van der Waals surface area contributed by atoms with Crippen LogP contribution in [-0.4, -0.2) is 78.6 Å². The summed E-state index contributed by atoms with van der Waals surface area (Å²) in [5, 5.41) is 4.62. The van der Waals surface area contributed by atoms with Crippen LogP contribution in [0.2, 0.25) is 0 Å². The second kappa shape index (κ2) is 9.05. The van der Waals surface area contributed by atoms with Crippen molar-refractivity contribution in [3.8, 4) is 9.88 Å². The van der Waals surface area contributed by atoms with Crippen molar-refractivity contribution in [3.63, 3.8) is 0 Å². The number of amides is 2. The van der Waals surface area contributed by atoms with Gasteiger partial charge in [0, 0.05) is 38.5 Å². The van der Waals surface area contributed by atoms with Crippen molar-refractivity contribution in [1.29, 1.82) is 0 Å². The van der Waals surface area contributed by atoms with Crippen LogP contribution in [0.4, 0.5) is 0 Å². The van der Waals surface area contributed by atoms with Crippen LogP contribution in [0.3, 0.4) is 0 Å². The van der Waals surface area contributed by atoms with Gasteiger partial charge < -0.3 is 19.3 Å². The van der Waals surface area contributed by atoms with Crippen LogP contribution in [0.15, 0.2) is 22.9 Å². The summed E-state index contributed by atoms with van der Waals surface area (Å²) >= 11 is 3.05. The Morgan fingerprint density at radius 2 is 2.03 bits per heavy atom. The van der Waals surface area contributed by atoms with E-state index in [-0.39, 0.29) is 24.2 Å². The molecule has 1 spiro atoms. The summed E-state index contributed by atoms with van der Waals surface area (Å²) in [6, 6.07) is 3.95. The first-order valence-electron chi connectivity index (χ1n) is 10.2. The zero-order chi connectivity index (χ0) is 22.0. The van der Waals surface area contributed by atoms with E-state index in [1.54, 1.807) is 33.6 Å². The van der Waals surface area contributed by atoms with Gasteiger partial charge in [-0.1, -0.05) is 6.07 Å². The maximum absolute atomic E-state index is 13.1. The third-order valence-electron chi connectivity index (χ3n) is 6.24. The van der Waals surface area contributed by atoms with Gasteiger partial charge in [-0.05, 0) is 24.3 Å². The molecular formula is C21H25N3O5S2. The molecular weight excluding hydrogens is 438 g/mol. The number of carbonyl (C=O) groups excluding carboxylic acids is 3. The molecule has 10 heteroatoms. The molecule has 0 radical (unpaired) electrons. The van der Waals surface area contributed by atoms with Gasteiger partial charge >= 0.3 is 5.97 Å². The third kappa shape index (κ3) is 3.99. The van der Waals surface area contributed by atoms with Crippen molar-refractivity contribution in [2.45, 2.75) is 24.8 Å². The molecule has 8 nitrogen and oxygen atoms in total. The SMILES string of the molecule is COCCN1C(=O)CC(C(=O)OC)C12CCN(C(=O)c1csc(-c3cccs3)n1)CC2. The van der Waals surface area contributed by atoms with Crippen LogP contribution >= 0.6 is 22.7 Å². The van der Waals surface area contributed by atoms with Crippen LogP contribution in [0.25, 0.3) is 9.88 Å². The molecule has 2 aromatic heterocycles. The minimum absolute atomic E-state index is 0.0627. The molecule has 0 aromatic carbocycles. The Bertz CT molecular complexity index is 950. The number of likely N-dealkylation sites (tertiary alicyclic amines) is 2. The van der Waals surface area contributed by atoms with Gasteiger partial charge in [-0.3, -0.25) is 14.4 Å². The quantitative estimate of drug-likeness (QED) is 0.612. The second-order valence-electron chi connectivity index (χ2n) is 7.73. The molecule has 0 aliphatic carbocycles. The number of rotatable bonds is 6. The van der Waals surface area contributed by atoms with Crippen molar-refractivity contribution in [2.24, 2.45) is 5.92 Å². The fourth-order valence-electron chi connectivity index (χ4n) is 4.65. The molecule has 0 bridgehead atoms. The average Bonchev–Trinajstić information content (AvgIpc) is 3.53. The first-order chi connectivity index (χ1) is 15.0. The molecule has 1 unspecified atom stereocenters. The number of nitrogens with zero attached hydrogens (tertiary/aromatic N) is 3. The first kappa shape index (κ1) is 21.9. The lowest BCUT2D eigenvalue weighted by molar-refractivity contribution is -0.150. The highest BCUT2D eigenvalue weighted by Crippen LogP contribution is 2.44. The summed E-state index contributed by atoms with van der Waals surface area (Å²) < 4.78 is 10.2. The number of carbonyl (C=O) groups is 3. The molecule has 2 fully saturated rings. The molecule has 2 aromatic rings. The minimum Gasteiger partial charge on any atom is -0.469 e. The fourth-order valence-corrected chi connectivity index (χ4v) is 6.26. The van der Waals surface area contributed by atoms with Crippen LogP contribution < -0.4 is 0 Å². The van der Waals surface area contributed by atoms with Crippen molar-refractivity contribution in [2.75, 3.05) is 40.5 Å². The van der Waals surface area contributed by atoms with Crippen molar-refractivity contribution in [3.05, 3.63) is 28.6 Å². The maximum atomic E-state index is 13.1. The zero-order valence-corrected chi connectivity index (χ0v) is 19.2. The Morgan fingerprint density at radius 1 is 1.26 bits per heavy atom. The lowest BCUT2D eigenvalue weighted by atomic mass is 9.76. The Labute approximate surface area is 188 Å². The first-order valence-corrected chi connectivity index (χ1v) is 11.9. The van der Waals surface area contributed by atoms with Gasteiger partial charge in [0.2, 0.25) is 5.91 Å². The van der Waals surface area contributed by atoms with Crippen LogP contribution in [0.5, 0.6) is 0 Å². The minimum atomic E-state index is -0.635. The van der Waals surface area contributed by atoms with Crippen molar-refractivity contribution < 1.29 is 23.9 Å². The Kier molecular flexibility index (Phi) is 6.40. The lowest BCUT2D eigenvalue weighted by Crippen LogP contribution is -2.58. The monoisotopic (exact) mass is 463 g/mol. The van der Waals surface area contributed by atoms with E-state index in [1.165, 1.54) is 18.4 Å². The van der Waals surface area contributed by atoms with E-state index in [0.717, 1.165) is 9.88 Å². The maximum Gasteiger partial charge on any atom is 0.311 e. The lowest BCUT2D eigenvalue weighted by Gasteiger charge is -2.46. The molecule has 0 N–H and O–H groups in total. The predicted molar refractivity (Wildman–Crippen MR) is 117 cm³/mol. The van der Waals surface area contributed by atoms with Gasteiger partial charge in [0.25, 0.3) is 5.91 Å². The molecule has 4 heterocycles. The summed E-state index contributed by atoms with van der Waals surface area (Å²) in [5.74, 6) is -1.07. The average molecular weight is 464 g/mol. The summed E-state index contributed by atoms with van der Waals surface area (Å²) in [5.41, 5.74) is -0.198. The van der Waals surface area contributed by atoms with Crippen molar-refractivity contribution >= 4 is 40.5 Å². The number of methoxy groups -OCH3 is 2. The number of thiazole rings is 1. The van der Waals surface area contributed by atoms with E-state index >= 15 is 0 Å². The van der Waals surface area contributed by atoms with Gasteiger partial charge in [0.15, 0.2) is 0 Å². The van der Waals surface area contributed by atoms with Gasteiger partial charge in [0.1, 0.15) is 10.7 Å². The standard InChI is InChI=1S/C21H25N3O5S2/c1-28-10-9-24-17(25)12-14(20(27)29-2)21(24)5-7-23(8-6-21)19(26)15-13-31-18(22-15)16-4-3-11-30-16/h3-4,11,13-14H,5-10,12H2,1-2H3. The summed E-state index contributed by atoms with van der Waals surface area (Å²) in [7, 11) is 2.94. The van der Waals surface area contributed by atoms with Crippen LogP contribution in [0.1, 0.15) is 29.8 Å². The van der Waals surface area contributed by atoms with E-state index in [0.29, 0.717) is 44.8 Å². The van der Waals surface area contributed by atoms with Crippen LogP contribution in [-0.2, 0) is 19.1 Å². The summed E-state index contributed by atoms with van der Waals surface area (Å²) in [6.45, 7) is 1.73. The van der Waals surface area contributed by atoms with Crippen molar-refractivity contribution in [1.82, 2.24) is 14.8 Å². The van der Waals surface area contributed by atoms with E-state index in [4.69, 9.17) is 9.47 Å². The van der Waals surface area contributed by atoms with E-state index in [2.05, 4.69) is 4.98 Å². The highest BCUT2D eigenvalue weighted by molar-refractivity contribution is 7.20. The van der Waals surface area contributed by atoms with Gasteiger partial charge in [-0.15, -0.1) is 22.7 Å². The Morgan fingerprint density at radius 3 is 2.68 bits per heavy atom. The normalized spacial score (nSPS) is 20.5. The van der Waals surface area contributed by atoms with Gasteiger partial charge in [-0.2, -0.15) is 0 Å². The number of ether oxygens (including phenoxy) is 2. The van der Waals surface area contributed by atoms with E-state index in [9.17, 15) is 14.4 Å². The van der Waals surface area contributed by atoms with Gasteiger partial charge in [0.05, 0.1) is 30.1 Å². The summed E-state index contributed by atoms with van der Waals surface area (Å²) in [4.78, 5) is 47.4. The molecule has 166 valence electrons. The zero-order valence-electron chi connectivity index (χ0n) is 17.5. The molecule has 2 aliphatic rings. The number of thiophene rings is 1. The molecule has 2 amide bonds. The predicted octanol–water partition coefficient (Wildman–Crippen LogP) is 2.51. The molecule has 0 saturated carbocycles. The van der Waals surface area contributed by atoms with E-state index < -0.39 is 11.5 Å². The van der Waals surface area contributed by atoms with Crippen LogP contribution in [0, 0.1) is 5.92 Å². The number of hydrogen-bond donors (Lipinski definition) is 0. The second-order valence-corrected chi connectivity index (χ2v) is 9.53. The van der Waals surface area contributed by atoms with E-state index in [1.807, 2.05) is 17.5 Å². The fraction of sp³-hybridized carbons (Fsp3) is 0.524. The topological polar surface area (TPSA) is 89.0 Å².